The number of imide groups is 1. The number of rotatable bonds is 4. The van der Waals surface area contributed by atoms with Gasteiger partial charge in [-0.3, -0.25) is 14.5 Å². The van der Waals surface area contributed by atoms with Crippen molar-refractivity contribution < 1.29 is 9.59 Å². The van der Waals surface area contributed by atoms with Gasteiger partial charge in [-0.25, -0.2) is 0 Å². The third-order valence-electron chi connectivity index (χ3n) is 1.83. The highest BCUT2D eigenvalue weighted by molar-refractivity contribution is 5.87. The van der Waals surface area contributed by atoms with Crippen LogP contribution in [0, 0.1) is 11.3 Å². The molecule has 1 aromatic carbocycles. The van der Waals surface area contributed by atoms with Gasteiger partial charge in [-0.2, -0.15) is 5.26 Å². The van der Waals surface area contributed by atoms with Crippen LogP contribution < -0.4 is 0 Å². The highest BCUT2D eigenvalue weighted by Crippen LogP contribution is 2.03. The maximum atomic E-state index is 11.2. The summed E-state index contributed by atoms with van der Waals surface area (Å²) in [5.41, 5.74) is 0.826. The summed E-state index contributed by atoms with van der Waals surface area (Å²) in [4.78, 5) is 22.6. The van der Waals surface area contributed by atoms with E-state index in [1.54, 1.807) is 18.2 Å². The second-order valence-electron chi connectivity index (χ2n) is 2.89. The van der Waals surface area contributed by atoms with E-state index in [2.05, 4.69) is 0 Å². The molecule has 0 atom stereocenters. The van der Waals surface area contributed by atoms with Crippen molar-refractivity contribution >= 4 is 12.3 Å². The van der Waals surface area contributed by atoms with Crippen LogP contribution >= 0.6 is 0 Å². The Balaban J connectivity index is 2.67. The van der Waals surface area contributed by atoms with Crippen molar-refractivity contribution in [2.24, 2.45) is 0 Å². The molecule has 0 heterocycles. The molecule has 75 valence electrons. The summed E-state index contributed by atoms with van der Waals surface area (Å²) in [6.45, 7) is 0.158. The summed E-state index contributed by atoms with van der Waals surface area (Å²) in [6, 6.07) is 10.8. The molecule has 0 spiro atoms. The van der Waals surface area contributed by atoms with Gasteiger partial charge in [0.25, 0.3) is 0 Å². The highest BCUT2D eigenvalue weighted by atomic mass is 16.2. The normalized spacial score (nSPS) is 9.00. The summed E-state index contributed by atoms with van der Waals surface area (Å²) >= 11 is 0. The molecule has 0 saturated carbocycles. The van der Waals surface area contributed by atoms with E-state index < -0.39 is 5.91 Å². The maximum absolute atomic E-state index is 11.2. The average molecular weight is 201 g/mol. The first-order valence-corrected chi connectivity index (χ1v) is 4.37. The Morgan fingerprint density at radius 1 is 1.33 bits per heavy atom. The van der Waals surface area contributed by atoms with Crippen molar-refractivity contribution in [2.45, 2.75) is 13.0 Å². The molecule has 0 unspecified atom stereocenters. The van der Waals surface area contributed by atoms with Crippen molar-refractivity contribution in [3.8, 4) is 6.07 Å². The number of nitrogens with zero attached hydrogens (tertiary/aromatic N) is 2. The van der Waals surface area contributed by atoms with E-state index in [0.29, 0.717) is 0 Å². The molecule has 2 amide bonds. The molecule has 4 nitrogen and oxygen atoms in total. The van der Waals surface area contributed by atoms with Gasteiger partial charge in [0.15, 0.2) is 0 Å². The Labute approximate surface area is 87.7 Å². The Morgan fingerprint density at radius 2 is 2.00 bits per heavy atom. The summed E-state index contributed by atoms with van der Waals surface area (Å²) in [5, 5.41) is 8.32. The van der Waals surface area contributed by atoms with Gasteiger partial charge in [0, 0.05) is 0 Å². The van der Waals surface area contributed by atoms with Gasteiger partial charge in [-0.1, -0.05) is 30.3 Å². The molecule has 0 aliphatic rings. The number of amides is 2. The van der Waals surface area contributed by atoms with Gasteiger partial charge in [0.1, 0.15) is 6.42 Å². The quantitative estimate of drug-likeness (QED) is 0.682. The molecule has 1 aromatic rings. The zero-order valence-electron chi connectivity index (χ0n) is 8.01. The first-order valence-electron chi connectivity index (χ1n) is 4.37. The summed E-state index contributed by atoms with van der Waals surface area (Å²) in [7, 11) is 0. The number of benzene rings is 1. The Hall–Kier alpha value is -2.15. The zero-order chi connectivity index (χ0) is 11.1. The van der Waals surface area contributed by atoms with Crippen LogP contribution in [0.15, 0.2) is 30.3 Å². The minimum atomic E-state index is -0.531. The lowest BCUT2D eigenvalue weighted by molar-refractivity contribution is -0.126. The van der Waals surface area contributed by atoms with E-state index >= 15 is 0 Å². The summed E-state index contributed by atoms with van der Waals surface area (Å²) in [5.74, 6) is -0.531. The fraction of sp³-hybridized carbons (Fsp3) is 0.182. The molecule has 0 saturated heterocycles. The largest absolute Gasteiger partial charge is 0.319 e. The van der Waals surface area contributed by atoms with Crippen molar-refractivity contribution in [1.29, 1.82) is 5.26 Å². The molecule has 1 rings (SSSR count). The second-order valence-corrected chi connectivity index (χ2v) is 2.89. The lowest BCUT2D eigenvalue weighted by atomic mass is 10.2. The van der Waals surface area contributed by atoms with Gasteiger partial charge in [0.2, 0.25) is 5.91 Å². The molecule has 0 aromatic heterocycles. The number of carbonyl (C=O) groups is 1. The number of hydrogen-bond acceptors (Lipinski definition) is 3. The summed E-state index contributed by atoms with van der Waals surface area (Å²) < 4.78 is 0. The van der Waals surface area contributed by atoms with Gasteiger partial charge in [-0.15, -0.1) is 0 Å². The van der Waals surface area contributed by atoms with Crippen molar-refractivity contribution in [3.63, 3.8) is 0 Å². The smallest absolute Gasteiger partial charge is 0.273 e. The van der Waals surface area contributed by atoms with Crippen LogP contribution in [0.3, 0.4) is 0 Å². The number of nitriles is 1. The van der Waals surface area contributed by atoms with Crippen molar-refractivity contribution in [1.82, 2.24) is 4.90 Å². The molecule has 0 aliphatic heterocycles. The number of hydrogen-bond donors (Lipinski definition) is 0. The van der Waals surface area contributed by atoms with Crippen LogP contribution in [0.1, 0.15) is 12.0 Å². The van der Waals surface area contributed by atoms with Crippen molar-refractivity contribution in [3.05, 3.63) is 35.9 Å². The first-order chi connectivity index (χ1) is 7.27. The van der Waals surface area contributed by atoms with Crippen LogP contribution in [-0.4, -0.2) is 17.2 Å². The minimum absolute atomic E-state index is 0.158. The van der Waals surface area contributed by atoms with Crippen LogP contribution in [0.5, 0.6) is 0 Å². The van der Waals surface area contributed by atoms with E-state index in [-0.39, 0.29) is 13.0 Å². The van der Waals surface area contributed by atoms with E-state index in [1.807, 2.05) is 18.2 Å². The predicted octanol–water partition coefficient (Wildman–Crippen LogP) is 0.996. The molecule has 4 heteroatoms. The van der Waals surface area contributed by atoms with Crippen LogP contribution in [-0.2, 0) is 16.1 Å². The van der Waals surface area contributed by atoms with E-state index in [0.717, 1.165) is 10.5 Å². The molecular formula is C11H9N2O2. The third-order valence-corrected chi connectivity index (χ3v) is 1.83. The van der Waals surface area contributed by atoms with Crippen LogP contribution in [0.4, 0.5) is 0 Å². The van der Waals surface area contributed by atoms with E-state index in [4.69, 9.17) is 5.26 Å². The van der Waals surface area contributed by atoms with Crippen LogP contribution in [0.25, 0.3) is 0 Å². The lowest BCUT2D eigenvalue weighted by Crippen LogP contribution is -2.28. The van der Waals surface area contributed by atoms with Crippen LogP contribution in [0.2, 0.25) is 0 Å². The highest BCUT2D eigenvalue weighted by Gasteiger charge is 2.12. The average Bonchev–Trinajstić information content (AvgIpc) is 2.27. The molecule has 0 fully saturated rings. The molecule has 0 bridgehead atoms. The monoisotopic (exact) mass is 201 g/mol. The molecule has 1 radical (unpaired) electrons. The lowest BCUT2D eigenvalue weighted by Gasteiger charge is -2.12. The second kappa shape index (κ2) is 5.55. The topological polar surface area (TPSA) is 61.2 Å². The molecule has 0 N–H and O–H groups in total. The molecular weight excluding hydrogens is 192 g/mol. The molecule has 15 heavy (non-hydrogen) atoms. The predicted molar refractivity (Wildman–Crippen MR) is 52.9 cm³/mol. The maximum Gasteiger partial charge on any atom is 0.319 e. The Morgan fingerprint density at radius 3 is 2.53 bits per heavy atom. The van der Waals surface area contributed by atoms with Gasteiger partial charge in [-0.05, 0) is 5.56 Å². The SMILES string of the molecule is N#CCC(=O)N([C]=O)Cc1ccccc1. The van der Waals surface area contributed by atoms with E-state index in [9.17, 15) is 9.59 Å². The fourth-order valence-corrected chi connectivity index (χ4v) is 1.10. The molecule has 0 aliphatic carbocycles. The summed E-state index contributed by atoms with van der Waals surface area (Å²) in [6.07, 6.45) is 1.21. The number of carbonyl (C=O) groups excluding carboxylic acids is 2. The van der Waals surface area contributed by atoms with E-state index in [1.165, 1.54) is 6.41 Å². The zero-order valence-corrected chi connectivity index (χ0v) is 8.01. The first kappa shape index (κ1) is 10.9. The van der Waals surface area contributed by atoms with Gasteiger partial charge >= 0.3 is 6.41 Å². The van der Waals surface area contributed by atoms with Gasteiger partial charge < -0.3 is 0 Å². The Bertz CT molecular complexity index is 381. The Kier molecular flexibility index (Phi) is 4.05. The standard InChI is InChI=1S/C11H9N2O2/c12-7-6-11(15)13(9-14)8-10-4-2-1-3-5-10/h1-5H,6,8H2. The minimum Gasteiger partial charge on any atom is -0.273 e. The third kappa shape index (κ3) is 3.24. The van der Waals surface area contributed by atoms with Gasteiger partial charge in [0.05, 0.1) is 12.6 Å². The fourth-order valence-electron chi connectivity index (χ4n) is 1.10. The van der Waals surface area contributed by atoms with Crippen molar-refractivity contribution in [2.75, 3.05) is 0 Å².